The molecule has 0 heterocycles. The van der Waals surface area contributed by atoms with Crippen molar-refractivity contribution >= 4 is 29.2 Å². The molecule has 0 aromatic heterocycles. The van der Waals surface area contributed by atoms with Crippen LogP contribution in [0.15, 0.2) is 9.98 Å². The number of nitrogens with two attached hydrogens (primary N) is 1. The van der Waals surface area contributed by atoms with Crippen LogP contribution in [0.25, 0.3) is 0 Å². The van der Waals surface area contributed by atoms with Gasteiger partial charge in [0.25, 0.3) is 0 Å². The number of nitrogen functional groups attached to an aromatic ring is 1. The summed E-state index contributed by atoms with van der Waals surface area (Å²) in [6.45, 7) is 5.62. The molecule has 0 aliphatic rings. The molecule has 0 radical (unpaired) electrons. The summed E-state index contributed by atoms with van der Waals surface area (Å²) in [5.74, 6) is 0. The van der Waals surface area contributed by atoms with Crippen LogP contribution >= 0.6 is 0 Å². The molecule has 18 heavy (non-hydrogen) atoms. The minimum absolute atomic E-state index is 0.455. The molecule has 1 rings (SSSR count). The summed E-state index contributed by atoms with van der Waals surface area (Å²) in [5, 5.41) is 0. The number of aliphatic imine (C=N–C) groups is 2. The third kappa shape index (κ3) is 2.23. The smallest absolute Gasteiger partial charge is 0.240 e. The predicted molar refractivity (Wildman–Crippen MR) is 69.9 cm³/mol. The summed E-state index contributed by atoms with van der Waals surface area (Å²) in [6, 6.07) is 0. The zero-order chi connectivity index (χ0) is 13.7. The van der Waals surface area contributed by atoms with Gasteiger partial charge in [0.15, 0.2) is 0 Å². The molecule has 0 spiro atoms. The molecular weight excluding hydrogens is 230 g/mol. The summed E-state index contributed by atoms with van der Waals surface area (Å²) in [6.07, 6.45) is 4.28. The van der Waals surface area contributed by atoms with E-state index in [9.17, 15) is 9.59 Å². The second kappa shape index (κ2) is 5.92. The zero-order valence-corrected chi connectivity index (χ0v) is 10.7. The minimum Gasteiger partial charge on any atom is -0.398 e. The molecule has 0 saturated carbocycles. The second-order valence-electron chi connectivity index (χ2n) is 3.81. The maximum Gasteiger partial charge on any atom is 0.240 e. The van der Waals surface area contributed by atoms with Crippen molar-refractivity contribution < 1.29 is 9.59 Å². The van der Waals surface area contributed by atoms with Crippen molar-refractivity contribution in [1.82, 2.24) is 0 Å². The Morgan fingerprint density at radius 3 is 1.94 bits per heavy atom. The van der Waals surface area contributed by atoms with Crippen molar-refractivity contribution in [2.75, 3.05) is 5.73 Å². The fourth-order valence-electron chi connectivity index (χ4n) is 2.07. The van der Waals surface area contributed by atoms with Crippen LogP contribution in [0, 0.1) is 6.92 Å². The first-order chi connectivity index (χ1) is 8.62. The number of hydrogen-bond acceptors (Lipinski definition) is 5. The third-order valence-electron chi connectivity index (χ3n) is 2.96. The van der Waals surface area contributed by atoms with Gasteiger partial charge in [0.2, 0.25) is 12.2 Å². The van der Waals surface area contributed by atoms with Crippen molar-refractivity contribution in [2.45, 2.75) is 33.6 Å². The van der Waals surface area contributed by atoms with Gasteiger partial charge >= 0.3 is 0 Å². The Morgan fingerprint density at radius 2 is 1.50 bits per heavy atom. The van der Waals surface area contributed by atoms with Gasteiger partial charge in [0, 0.05) is 16.8 Å². The van der Waals surface area contributed by atoms with Gasteiger partial charge in [0.1, 0.15) is 0 Å². The van der Waals surface area contributed by atoms with Gasteiger partial charge in [-0.05, 0) is 25.3 Å². The van der Waals surface area contributed by atoms with E-state index in [-0.39, 0.29) is 0 Å². The number of carbonyl (C=O) groups excluding carboxylic acids is 2. The van der Waals surface area contributed by atoms with Crippen LogP contribution in [-0.2, 0) is 22.4 Å². The van der Waals surface area contributed by atoms with E-state index in [2.05, 4.69) is 9.98 Å². The number of isocyanates is 2. The van der Waals surface area contributed by atoms with Gasteiger partial charge in [-0.3, -0.25) is 0 Å². The van der Waals surface area contributed by atoms with Crippen molar-refractivity contribution in [2.24, 2.45) is 9.98 Å². The molecule has 0 atom stereocenters. The minimum atomic E-state index is 0.455. The molecule has 5 heteroatoms. The zero-order valence-electron chi connectivity index (χ0n) is 10.7. The monoisotopic (exact) mass is 245 g/mol. The normalized spacial score (nSPS) is 9.50. The van der Waals surface area contributed by atoms with E-state index in [0.29, 0.717) is 29.9 Å². The molecule has 1 aromatic rings. The molecule has 5 nitrogen and oxygen atoms in total. The SMILES string of the molecule is CCc1c(N)c(C)c(N=C=O)c(CC)c1N=C=O. The van der Waals surface area contributed by atoms with Crippen molar-refractivity contribution in [1.29, 1.82) is 0 Å². The van der Waals surface area contributed by atoms with Crippen LogP contribution in [0.2, 0.25) is 0 Å². The Morgan fingerprint density at radius 1 is 1.00 bits per heavy atom. The maximum absolute atomic E-state index is 10.5. The summed E-state index contributed by atoms with van der Waals surface area (Å²) in [7, 11) is 0. The standard InChI is InChI=1S/C13H15N3O2/c1-4-9-11(14)8(3)12(15-6-17)10(5-2)13(9)16-7-18/h4-5,14H2,1-3H3. The molecule has 0 saturated heterocycles. The Bertz CT molecular complexity index is 566. The molecule has 1 aromatic carbocycles. The highest BCUT2D eigenvalue weighted by Gasteiger charge is 2.18. The molecule has 0 fully saturated rings. The number of benzene rings is 1. The van der Waals surface area contributed by atoms with Gasteiger partial charge in [-0.1, -0.05) is 13.8 Å². The average Bonchev–Trinajstić information content (AvgIpc) is 2.37. The summed E-state index contributed by atoms with van der Waals surface area (Å²) in [4.78, 5) is 28.4. The Kier molecular flexibility index (Phi) is 4.55. The van der Waals surface area contributed by atoms with E-state index in [0.717, 1.165) is 16.7 Å². The van der Waals surface area contributed by atoms with Crippen LogP contribution in [-0.4, -0.2) is 12.2 Å². The fraction of sp³-hybridized carbons (Fsp3) is 0.385. The Labute approximate surface area is 105 Å². The van der Waals surface area contributed by atoms with E-state index in [4.69, 9.17) is 5.73 Å². The van der Waals surface area contributed by atoms with Crippen LogP contribution in [0.1, 0.15) is 30.5 Å². The quantitative estimate of drug-likeness (QED) is 0.502. The van der Waals surface area contributed by atoms with Crippen LogP contribution in [0.5, 0.6) is 0 Å². The van der Waals surface area contributed by atoms with Crippen molar-refractivity contribution in [3.05, 3.63) is 16.7 Å². The number of nitrogens with zero attached hydrogens (tertiary/aromatic N) is 2. The highest BCUT2D eigenvalue weighted by molar-refractivity contribution is 5.80. The first-order valence-electron chi connectivity index (χ1n) is 5.71. The molecule has 0 aliphatic heterocycles. The van der Waals surface area contributed by atoms with Crippen LogP contribution in [0.4, 0.5) is 17.1 Å². The fourth-order valence-corrected chi connectivity index (χ4v) is 2.07. The molecular formula is C13H15N3O2. The third-order valence-corrected chi connectivity index (χ3v) is 2.96. The lowest BCUT2D eigenvalue weighted by Crippen LogP contribution is -2.01. The van der Waals surface area contributed by atoms with E-state index in [1.54, 1.807) is 6.92 Å². The highest BCUT2D eigenvalue weighted by atomic mass is 16.1. The number of anilines is 1. The van der Waals surface area contributed by atoms with Crippen LogP contribution < -0.4 is 5.73 Å². The van der Waals surface area contributed by atoms with E-state index < -0.39 is 0 Å². The summed E-state index contributed by atoms with van der Waals surface area (Å²) < 4.78 is 0. The molecule has 0 bridgehead atoms. The van der Waals surface area contributed by atoms with Gasteiger partial charge in [0.05, 0.1) is 11.4 Å². The Balaban J connectivity index is 3.86. The van der Waals surface area contributed by atoms with Gasteiger partial charge in [-0.25, -0.2) is 9.59 Å². The average molecular weight is 245 g/mol. The second-order valence-corrected chi connectivity index (χ2v) is 3.81. The van der Waals surface area contributed by atoms with E-state index in [1.165, 1.54) is 12.2 Å². The van der Waals surface area contributed by atoms with Crippen molar-refractivity contribution in [3.63, 3.8) is 0 Å². The first kappa shape index (κ1) is 13.8. The van der Waals surface area contributed by atoms with Crippen LogP contribution in [0.3, 0.4) is 0 Å². The molecule has 0 unspecified atom stereocenters. The molecule has 0 amide bonds. The first-order valence-corrected chi connectivity index (χ1v) is 5.71. The van der Waals surface area contributed by atoms with E-state index >= 15 is 0 Å². The Hall–Kier alpha value is -2.22. The number of hydrogen-bond donors (Lipinski definition) is 1. The highest BCUT2D eigenvalue weighted by Crippen LogP contribution is 2.40. The molecule has 2 N–H and O–H groups in total. The lowest BCUT2D eigenvalue weighted by Gasteiger charge is -2.16. The largest absolute Gasteiger partial charge is 0.398 e. The summed E-state index contributed by atoms with van der Waals surface area (Å²) >= 11 is 0. The molecule has 94 valence electrons. The van der Waals surface area contributed by atoms with E-state index in [1.807, 2.05) is 13.8 Å². The predicted octanol–water partition coefficient (Wildman–Crippen LogP) is 2.64. The number of rotatable bonds is 4. The lowest BCUT2D eigenvalue weighted by atomic mass is 9.95. The topological polar surface area (TPSA) is 84.9 Å². The van der Waals surface area contributed by atoms with Gasteiger partial charge < -0.3 is 5.73 Å². The van der Waals surface area contributed by atoms with Gasteiger partial charge in [-0.2, -0.15) is 9.98 Å². The maximum atomic E-state index is 10.5. The van der Waals surface area contributed by atoms with Gasteiger partial charge in [-0.15, -0.1) is 0 Å². The lowest BCUT2D eigenvalue weighted by molar-refractivity contribution is 0.564. The van der Waals surface area contributed by atoms with Crippen molar-refractivity contribution in [3.8, 4) is 0 Å². The molecule has 0 aliphatic carbocycles. The summed E-state index contributed by atoms with van der Waals surface area (Å²) in [5.41, 5.74) is 9.68.